The van der Waals surface area contributed by atoms with Crippen molar-refractivity contribution in [3.8, 4) is 0 Å². The van der Waals surface area contributed by atoms with Gasteiger partial charge < -0.3 is 5.73 Å². The zero-order valence-electron chi connectivity index (χ0n) is 26.2. The first kappa shape index (κ1) is 34.0. The minimum atomic E-state index is 0.290. The summed E-state index contributed by atoms with van der Waals surface area (Å²) in [5.41, 5.74) is 7.91. The number of hydrogen-bond donors (Lipinski definition) is 2. The van der Waals surface area contributed by atoms with Crippen LogP contribution in [0.2, 0.25) is 0 Å². The minimum Gasteiger partial charge on any atom is -0.383 e. The van der Waals surface area contributed by atoms with Crippen LogP contribution in [-0.2, 0) is 0 Å². The first-order valence-electron chi connectivity index (χ1n) is 16.9. The van der Waals surface area contributed by atoms with Gasteiger partial charge in [-0.1, -0.05) is 129 Å². The van der Waals surface area contributed by atoms with Crippen LogP contribution in [0.15, 0.2) is 39.0 Å². The van der Waals surface area contributed by atoms with Gasteiger partial charge in [-0.3, -0.25) is 5.41 Å². The van der Waals surface area contributed by atoms with Crippen molar-refractivity contribution < 1.29 is 0 Å². The number of amidine groups is 2. The molecule has 3 rings (SSSR count). The van der Waals surface area contributed by atoms with E-state index in [0.29, 0.717) is 11.7 Å². The lowest BCUT2D eigenvalue weighted by molar-refractivity contribution is 0.563. The van der Waals surface area contributed by atoms with Gasteiger partial charge in [-0.05, 0) is 59.4 Å². The fourth-order valence-corrected chi connectivity index (χ4v) is 8.04. The summed E-state index contributed by atoms with van der Waals surface area (Å²) in [5.74, 6) is 3.14. The highest BCUT2D eigenvalue weighted by Crippen LogP contribution is 2.37. The molecule has 0 spiro atoms. The van der Waals surface area contributed by atoms with E-state index < -0.39 is 0 Å². The molecule has 0 radical (unpaired) electrons. The normalized spacial score (nSPS) is 12.8. The van der Waals surface area contributed by atoms with Crippen molar-refractivity contribution in [2.75, 3.05) is 11.5 Å². The van der Waals surface area contributed by atoms with Crippen LogP contribution in [0.4, 0.5) is 0 Å². The maximum absolute atomic E-state index is 8.21. The van der Waals surface area contributed by atoms with Crippen molar-refractivity contribution >= 4 is 46.0 Å². The van der Waals surface area contributed by atoms with Gasteiger partial charge in [0.2, 0.25) is 0 Å². The molecule has 228 valence electrons. The van der Waals surface area contributed by atoms with E-state index in [0.717, 1.165) is 11.1 Å². The van der Waals surface area contributed by atoms with Gasteiger partial charge in [0, 0.05) is 20.9 Å². The second kappa shape index (κ2) is 20.4. The Morgan fingerprint density at radius 1 is 0.537 bits per heavy atom. The highest BCUT2D eigenvalue weighted by atomic mass is 32.2. The van der Waals surface area contributed by atoms with Crippen LogP contribution in [0.3, 0.4) is 0 Å². The molecule has 0 aliphatic carbocycles. The maximum Gasteiger partial charge on any atom is 0.154 e. The number of hydrogen-bond acceptors (Lipinski definition) is 4. The van der Waals surface area contributed by atoms with Gasteiger partial charge in [0.15, 0.2) is 5.84 Å². The Labute approximate surface area is 260 Å². The number of nitrogens with zero attached hydrogens (tertiary/aromatic N) is 1. The molecule has 3 N–H and O–H groups in total. The van der Waals surface area contributed by atoms with Gasteiger partial charge in [0.25, 0.3) is 0 Å². The van der Waals surface area contributed by atoms with Crippen molar-refractivity contribution in [3.63, 3.8) is 0 Å². The standard InChI is InChI=1S/C36H57N3S2/c1-3-5-7-9-11-13-15-17-19-21-23-40-33-27-29-25-31-32(36(38)39-35(31)37)26-30(29)28-34(33)41-24-22-20-18-16-14-12-10-8-6-4-2/h25-28H,3-24H2,1-2H3,(H3,37,38,39). The minimum absolute atomic E-state index is 0.290. The van der Waals surface area contributed by atoms with Crippen LogP contribution >= 0.6 is 23.5 Å². The molecule has 0 fully saturated rings. The zero-order chi connectivity index (χ0) is 29.1. The summed E-state index contributed by atoms with van der Waals surface area (Å²) in [7, 11) is 0. The average Bonchev–Trinajstić information content (AvgIpc) is 3.25. The number of fused-ring (bicyclic) bond motifs is 2. The number of nitrogens with two attached hydrogens (primary N) is 1. The molecular formula is C36H57N3S2. The third-order valence-electron chi connectivity index (χ3n) is 8.31. The predicted molar refractivity (Wildman–Crippen MR) is 187 cm³/mol. The quantitative estimate of drug-likeness (QED) is 0.0937. The SMILES string of the molecule is CCCCCCCCCCCCSc1cc2cc3c(cc2cc1SCCCCCCCCCCCC)C(N)=NC3=N. The van der Waals surface area contributed by atoms with Crippen LogP contribution in [0.1, 0.15) is 153 Å². The third kappa shape index (κ3) is 12.4. The van der Waals surface area contributed by atoms with Crippen LogP contribution in [0.25, 0.3) is 10.8 Å². The lowest BCUT2D eigenvalue weighted by Gasteiger charge is -2.13. The molecule has 0 saturated heterocycles. The number of benzene rings is 2. The second-order valence-corrected chi connectivity index (χ2v) is 14.2. The Hall–Kier alpha value is -1.46. The highest BCUT2D eigenvalue weighted by Gasteiger charge is 2.20. The van der Waals surface area contributed by atoms with E-state index in [1.54, 1.807) is 0 Å². The highest BCUT2D eigenvalue weighted by molar-refractivity contribution is 8.02. The largest absolute Gasteiger partial charge is 0.383 e. The molecule has 1 heterocycles. The van der Waals surface area contributed by atoms with E-state index in [-0.39, 0.29) is 0 Å². The molecule has 0 atom stereocenters. The van der Waals surface area contributed by atoms with E-state index in [9.17, 15) is 0 Å². The number of rotatable bonds is 24. The third-order valence-corrected chi connectivity index (χ3v) is 10.7. The number of unbranched alkanes of at least 4 members (excludes halogenated alkanes) is 18. The molecule has 1 aliphatic rings. The summed E-state index contributed by atoms with van der Waals surface area (Å²) in [6, 6.07) is 9.00. The van der Waals surface area contributed by atoms with E-state index in [2.05, 4.69) is 43.1 Å². The van der Waals surface area contributed by atoms with Gasteiger partial charge in [-0.15, -0.1) is 23.5 Å². The summed E-state index contributed by atoms with van der Waals surface area (Å²) in [4.78, 5) is 7.03. The molecule has 5 heteroatoms. The molecule has 41 heavy (non-hydrogen) atoms. The Kier molecular flexibility index (Phi) is 17.0. The molecule has 0 amide bonds. The Bertz CT molecular complexity index is 1080. The van der Waals surface area contributed by atoms with E-state index in [4.69, 9.17) is 11.1 Å². The summed E-state index contributed by atoms with van der Waals surface area (Å²) < 4.78 is 0. The van der Waals surface area contributed by atoms with Crippen LogP contribution in [0, 0.1) is 5.41 Å². The maximum atomic E-state index is 8.21. The number of thioether (sulfide) groups is 2. The molecule has 2 aromatic rings. The smallest absolute Gasteiger partial charge is 0.154 e. The van der Waals surface area contributed by atoms with Gasteiger partial charge >= 0.3 is 0 Å². The molecule has 0 aromatic heterocycles. The fourth-order valence-electron chi connectivity index (χ4n) is 5.73. The molecule has 3 nitrogen and oxygen atoms in total. The monoisotopic (exact) mass is 595 g/mol. The zero-order valence-corrected chi connectivity index (χ0v) is 27.8. The number of aliphatic imine (C=N–C) groups is 1. The molecule has 0 saturated carbocycles. The van der Waals surface area contributed by atoms with Crippen molar-refractivity contribution in [1.29, 1.82) is 5.41 Å². The van der Waals surface area contributed by atoms with Crippen LogP contribution in [0.5, 0.6) is 0 Å². The van der Waals surface area contributed by atoms with Gasteiger partial charge in [0.05, 0.1) is 0 Å². The lowest BCUT2D eigenvalue weighted by atomic mass is 10.0. The van der Waals surface area contributed by atoms with Crippen molar-refractivity contribution in [1.82, 2.24) is 0 Å². The summed E-state index contributed by atoms with van der Waals surface area (Å²) >= 11 is 4.06. The van der Waals surface area contributed by atoms with E-state index in [1.165, 1.54) is 160 Å². The Morgan fingerprint density at radius 2 is 0.902 bits per heavy atom. The predicted octanol–water partition coefficient (Wildman–Crippen LogP) is 11.9. The fraction of sp³-hybridized carbons (Fsp3) is 0.667. The van der Waals surface area contributed by atoms with E-state index >= 15 is 0 Å². The van der Waals surface area contributed by atoms with Gasteiger partial charge in [0.1, 0.15) is 5.84 Å². The molecule has 0 bridgehead atoms. The summed E-state index contributed by atoms with van der Waals surface area (Å²) in [5, 5.41) is 10.6. The summed E-state index contributed by atoms with van der Waals surface area (Å²) in [6.45, 7) is 4.58. The first-order valence-corrected chi connectivity index (χ1v) is 18.9. The average molecular weight is 596 g/mol. The van der Waals surface area contributed by atoms with Crippen molar-refractivity contribution in [2.45, 2.75) is 152 Å². The molecular weight excluding hydrogens is 539 g/mol. The van der Waals surface area contributed by atoms with Crippen molar-refractivity contribution in [2.24, 2.45) is 10.7 Å². The van der Waals surface area contributed by atoms with Crippen molar-refractivity contribution in [3.05, 3.63) is 35.4 Å². The molecule has 1 aliphatic heterocycles. The summed E-state index contributed by atoms with van der Waals surface area (Å²) in [6.07, 6.45) is 27.7. The van der Waals surface area contributed by atoms with E-state index in [1.807, 2.05) is 23.5 Å². The lowest BCUT2D eigenvalue weighted by Crippen LogP contribution is -2.10. The Morgan fingerprint density at radius 3 is 1.32 bits per heavy atom. The first-order chi connectivity index (χ1) is 20.1. The Balaban J connectivity index is 1.47. The van der Waals surface area contributed by atoms with Gasteiger partial charge in [-0.25, -0.2) is 4.99 Å². The topological polar surface area (TPSA) is 62.2 Å². The second-order valence-electron chi connectivity index (χ2n) is 12.0. The van der Waals surface area contributed by atoms with Crippen LogP contribution in [-0.4, -0.2) is 23.2 Å². The van der Waals surface area contributed by atoms with Crippen LogP contribution < -0.4 is 5.73 Å². The molecule has 0 unspecified atom stereocenters. The number of nitrogens with one attached hydrogen (secondary N) is 1. The van der Waals surface area contributed by atoms with Gasteiger partial charge in [-0.2, -0.15) is 0 Å². The molecule has 2 aromatic carbocycles.